The molecule has 0 bridgehead atoms. The Bertz CT molecular complexity index is 496. The van der Waals surface area contributed by atoms with Crippen LogP contribution in [0.25, 0.3) is 0 Å². The van der Waals surface area contributed by atoms with Crippen LogP contribution in [0, 0.1) is 0 Å². The van der Waals surface area contributed by atoms with Gasteiger partial charge in [-0.05, 0) is 37.4 Å². The first-order valence-corrected chi connectivity index (χ1v) is 8.37. The van der Waals surface area contributed by atoms with Gasteiger partial charge in [0.15, 0.2) is 0 Å². The van der Waals surface area contributed by atoms with Crippen molar-refractivity contribution < 1.29 is 9.53 Å². The lowest BCUT2D eigenvalue weighted by Crippen LogP contribution is -2.54. The Morgan fingerprint density at radius 1 is 1.50 bits per heavy atom. The van der Waals surface area contributed by atoms with Crippen LogP contribution in [0.4, 0.5) is 0 Å². The highest BCUT2D eigenvalue weighted by molar-refractivity contribution is 8.01. The largest absolute Gasteiger partial charge is 0.383 e. The molecule has 2 aliphatic rings. The van der Waals surface area contributed by atoms with Gasteiger partial charge in [-0.3, -0.25) is 4.79 Å². The molecule has 0 spiro atoms. The fraction of sp³-hybridized carbons (Fsp3) is 0.562. The van der Waals surface area contributed by atoms with Gasteiger partial charge in [-0.2, -0.15) is 0 Å². The summed E-state index contributed by atoms with van der Waals surface area (Å²) < 4.78 is 5.32. The maximum Gasteiger partial charge on any atom is 0.233 e. The Balaban J connectivity index is 0.00000176. The van der Waals surface area contributed by atoms with Gasteiger partial charge in [-0.1, -0.05) is 18.2 Å². The van der Waals surface area contributed by atoms with Gasteiger partial charge in [-0.25, -0.2) is 0 Å². The fourth-order valence-electron chi connectivity index (χ4n) is 3.17. The van der Waals surface area contributed by atoms with E-state index in [1.54, 1.807) is 18.9 Å². The monoisotopic (exact) mass is 342 g/mol. The van der Waals surface area contributed by atoms with Crippen LogP contribution in [0.15, 0.2) is 29.2 Å². The molecule has 1 fully saturated rings. The van der Waals surface area contributed by atoms with Crippen molar-refractivity contribution in [3.63, 3.8) is 0 Å². The second kappa shape index (κ2) is 7.68. The Labute approximate surface area is 142 Å². The van der Waals surface area contributed by atoms with Crippen LogP contribution >= 0.6 is 24.2 Å². The SMILES string of the molecule is COCC1(CNC(=O)C2Cc3ccccc3S2)CCCN1.Cl. The van der Waals surface area contributed by atoms with Crippen LogP contribution in [0.1, 0.15) is 18.4 Å². The lowest BCUT2D eigenvalue weighted by atomic mass is 9.98. The van der Waals surface area contributed by atoms with E-state index >= 15 is 0 Å². The minimum absolute atomic E-state index is 0. The number of halogens is 1. The van der Waals surface area contributed by atoms with E-state index in [0.717, 1.165) is 25.8 Å². The number of amides is 1. The van der Waals surface area contributed by atoms with Crippen molar-refractivity contribution in [2.24, 2.45) is 0 Å². The molecule has 3 rings (SSSR count). The molecule has 1 amide bonds. The van der Waals surface area contributed by atoms with Crippen LogP contribution < -0.4 is 10.6 Å². The second-order valence-electron chi connectivity index (χ2n) is 5.88. The Kier molecular flexibility index (Phi) is 6.15. The maximum atomic E-state index is 12.4. The van der Waals surface area contributed by atoms with Crippen molar-refractivity contribution in [2.75, 3.05) is 26.8 Å². The Hall–Kier alpha value is -0.750. The molecule has 2 N–H and O–H groups in total. The minimum atomic E-state index is -0.0828. The fourth-order valence-corrected chi connectivity index (χ4v) is 4.39. The highest BCUT2D eigenvalue weighted by atomic mass is 35.5. The van der Waals surface area contributed by atoms with Crippen molar-refractivity contribution >= 4 is 30.1 Å². The molecule has 2 aliphatic heterocycles. The van der Waals surface area contributed by atoms with Crippen molar-refractivity contribution in [2.45, 2.75) is 34.9 Å². The van der Waals surface area contributed by atoms with Gasteiger partial charge in [0, 0.05) is 18.6 Å². The summed E-state index contributed by atoms with van der Waals surface area (Å²) in [6, 6.07) is 8.27. The molecular weight excluding hydrogens is 320 g/mol. The van der Waals surface area contributed by atoms with E-state index in [1.807, 2.05) is 12.1 Å². The van der Waals surface area contributed by atoms with E-state index in [9.17, 15) is 4.79 Å². The van der Waals surface area contributed by atoms with Crippen LogP contribution in [0.2, 0.25) is 0 Å². The molecule has 1 aromatic rings. The number of carbonyl (C=O) groups excluding carboxylic acids is 1. The third kappa shape index (κ3) is 3.77. The van der Waals surface area contributed by atoms with Crippen molar-refractivity contribution in [1.82, 2.24) is 10.6 Å². The predicted molar refractivity (Wildman–Crippen MR) is 91.9 cm³/mol. The summed E-state index contributed by atoms with van der Waals surface area (Å²) in [6.07, 6.45) is 3.03. The van der Waals surface area contributed by atoms with Crippen LogP contribution in [0.3, 0.4) is 0 Å². The quantitative estimate of drug-likeness (QED) is 0.859. The summed E-state index contributed by atoms with van der Waals surface area (Å²) in [5.74, 6) is 0.139. The number of rotatable bonds is 5. The minimum Gasteiger partial charge on any atom is -0.383 e. The number of fused-ring (bicyclic) bond motifs is 1. The molecule has 22 heavy (non-hydrogen) atoms. The average Bonchev–Trinajstić information content (AvgIpc) is 3.12. The second-order valence-corrected chi connectivity index (χ2v) is 7.12. The Morgan fingerprint density at radius 3 is 3.00 bits per heavy atom. The molecule has 2 heterocycles. The smallest absolute Gasteiger partial charge is 0.233 e. The van der Waals surface area contributed by atoms with E-state index in [4.69, 9.17) is 4.74 Å². The van der Waals surface area contributed by atoms with Crippen LogP contribution in [-0.2, 0) is 16.0 Å². The highest BCUT2D eigenvalue weighted by Crippen LogP contribution is 2.36. The number of carbonyl (C=O) groups is 1. The zero-order chi connectivity index (χ0) is 14.7. The van der Waals surface area contributed by atoms with E-state index in [-0.39, 0.29) is 29.1 Å². The van der Waals surface area contributed by atoms with Gasteiger partial charge in [0.1, 0.15) is 0 Å². The van der Waals surface area contributed by atoms with Crippen molar-refractivity contribution in [3.8, 4) is 0 Å². The maximum absolute atomic E-state index is 12.4. The van der Waals surface area contributed by atoms with E-state index < -0.39 is 0 Å². The first-order valence-electron chi connectivity index (χ1n) is 7.49. The van der Waals surface area contributed by atoms with Crippen LogP contribution in [-0.4, -0.2) is 43.5 Å². The number of hydrogen-bond donors (Lipinski definition) is 2. The molecule has 122 valence electrons. The molecule has 6 heteroatoms. The number of nitrogens with one attached hydrogen (secondary N) is 2. The number of hydrogen-bond acceptors (Lipinski definition) is 4. The summed E-state index contributed by atoms with van der Waals surface area (Å²) in [5.41, 5.74) is 1.20. The molecule has 1 aromatic carbocycles. The normalized spacial score (nSPS) is 26.3. The highest BCUT2D eigenvalue weighted by Gasteiger charge is 2.35. The van der Waals surface area contributed by atoms with Gasteiger partial charge in [0.2, 0.25) is 5.91 Å². The van der Waals surface area contributed by atoms with Gasteiger partial charge >= 0.3 is 0 Å². The van der Waals surface area contributed by atoms with Gasteiger partial charge in [0.05, 0.1) is 17.4 Å². The third-order valence-corrected chi connectivity index (χ3v) is 5.61. The molecule has 1 saturated heterocycles. The zero-order valence-electron chi connectivity index (χ0n) is 12.8. The summed E-state index contributed by atoms with van der Waals surface area (Å²) >= 11 is 1.68. The van der Waals surface area contributed by atoms with Crippen molar-refractivity contribution in [1.29, 1.82) is 0 Å². The standard InChI is InChI=1S/C16H22N2O2S.ClH/c1-20-11-16(7-4-8-18-16)10-17-15(19)14-9-12-5-2-3-6-13(12)21-14;/h2-3,5-6,14,18H,4,7-11H2,1H3,(H,17,19);1H. The van der Waals surface area contributed by atoms with E-state index in [2.05, 4.69) is 22.8 Å². The summed E-state index contributed by atoms with van der Waals surface area (Å²) in [4.78, 5) is 13.7. The molecule has 2 unspecified atom stereocenters. The number of thioether (sulfide) groups is 1. The molecule has 0 radical (unpaired) electrons. The lowest BCUT2D eigenvalue weighted by molar-refractivity contribution is -0.120. The molecule has 0 aliphatic carbocycles. The Morgan fingerprint density at radius 2 is 2.32 bits per heavy atom. The molecular formula is C16H23ClN2O2S. The first-order chi connectivity index (χ1) is 10.2. The first kappa shape index (κ1) is 17.6. The summed E-state index contributed by atoms with van der Waals surface area (Å²) in [5, 5.41) is 6.62. The van der Waals surface area contributed by atoms with Gasteiger partial charge < -0.3 is 15.4 Å². The topological polar surface area (TPSA) is 50.4 Å². The number of ether oxygens (including phenoxy) is 1. The van der Waals surface area contributed by atoms with Crippen molar-refractivity contribution in [3.05, 3.63) is 29.8 Å². The average molecular weight is 343 g/mol. The summed E-state index contributed by atoms with van der Waals surface area (Å²) in [6.45, 7) is 2.29. The molecule has 0 saturated carbocycles. The number of benzene rings is 1. The molecule has 0 aromatic heterocycles. The molecule has 2 atom stereocenters. The van der Waals surface area contributed by atoms with Gasteiger partial charge in [0.25, 0.3) is 0 Å². The van der Waals surface area contributed by atoms with E-state index in [0.29, 0.717) is 13.2 Å². The lowest BCUT2D eigenvalue weighted by Gasteiger charge is -2.29. The van der Waals surface area contributed by atoms with Gasteiger partial charge in [-0.15, -0.1) is 24.2 Å². The predicted octanol–water partition coefficient (Wildman–Crippen LogP) is 2.01. The number of methoxy groups -OCH3 is 1. The van der Waals surface area contributed by atoms with E-state index in [1.165, 1.54) is 10.5 Å². The molecule has 4 nitrogen and oxygen atoms in total. The third-order valence-electron chi connectivity index (χ3n) is 4.29. The zero-order valence-corrected chi connectivity index (χ0v) is 14.4. The summed E-state index contributed by atoms with van der Waals surface area (Å²) in [7, 11) is 1.72. The van der Waals surface area contributed by atoms with Crippen LogP contribution in [0.5, 0.6) is 0 Å².